The average molecular weight is 644 g/mol. The lowest BCUT2D eigenvalue weighted by Gasteiger charge is -2.31. The fourth-order valence-corrected chi connectivity index (χ4v) is 5.98. The van der Waals surface area contributed by atoms with Gasteiger partial charge in [-0.15, -0.1) is 12.4 Å². The number of nitrogens with zero attached hydrogens (tertiary/aromatic N) is 2. The predicted molar refractivity (Wildman–Crippen MR) is 183 cm³/mol. The van der Waals surface area contributed by atoms with Crippen molar-refractivity contribution < 1.29 is 19.2 Å². The molecule has 45 heavy (non-hydrogen) atoms. The summed E-state index contributed by atoms with van der Waals surface area (Å²) < 4.78 is 0. The average Bonchev–Trinajstić information content (AvgIpc) is 3.44. The third-order valence-electron chi connectivity index (χ3n) is 8.26. The van der Waals surface area contributed by atoms with Gasteiger partial charge in [-0.25, -0.2) is 0 Å². The molecule has 1 saturated heterocycles. The number of carbonyl (C=O) groups excluding carboxylic acids is 4. The van der Waals surface area contributed by atoms with Crippen LogP contribution < -0.4 is 16.4 Å². The zero-order valence-electron chi connectivity index (χ0n) is 28.1. The number of likely N-dealkylation sites (tertiary alicyclic amines) is 1. The maximum atomic E-state index is 13.8. The van der Waals surface area contributed by atoms with E-state index in [1.54, 1.807) is 25.8 Å². The number of amides is 4. The van der Waals surface area contributed by atoms with E-state index in [9.17, 15) is 19.2 Å². The van der Waals surface area contributed by atoms with Crippen molar-refractivity contribution in [1.82, 2.24) is 20.4 Å². The molecule has 4 amide bonds. The Morgan fingerprint density at radius 1 is 1.00 bits per heavy atom. The molecule has 2 aromatic carbocycles. The smallest absolute Gasteiger partial charge is 0.245 e. The molecule has 1 unspecified atom stereocenters. The van der Waals surface area contributed by atoms with Crippen LogP contribution in [0.15, 0.2) is 42.5 Å². The fraction of sp³-hybridized carbons (Fsp3) is 0.600. The summed E-state index contributed by atoms with van der Waals surface area (Å²) in [7, 11) is 1.66. The molecule has 0 bridgehead atoms. The highest BCUT2D eigenvalue weighted by atomic mass is 35.5. The van der Waals surface area contributed by atoms with Crippen LogP contribution in [0.3, 0.4) is 0 Å². The molecule has 1 aliphatic rings. The van der Waals surface area contributed by atoms with Crippen molar-refractivity contribution in [3.8, 4) is 0 Å². The summed E-state index contributed by atoms with van der Waals surface area (Å²) in [6.07, 6.45) is 3.19. The number of nitrogens with one attached hydrogen (secondary N) is 2. The molecule has 0 spiro atoms. The Labute approximate surface area is 275 Å². The van der Waals surface area contributed by atoms with Gasteiger partial charge in [0.25, 0.3) is 0 Å². The molecule has 250 valence electrons. The molecule has 3 rings (SSSR count). The van der Waals surface area contributed by atoms with Gasteiger partial charge in [-0.05, 0) is 67.7 Å². The number of benzene rings is 2. The molecule has 4 N–H and O–H groups in total. The van der Waals surface area contributed by atoms with Crippen LogP contribution in [0, 0.1) is 17.8 Å². The van der Waals surface area contributed by atoms with Crippen LogP contribution in [0.4, 0.5) is 0 Å². The number of rotatable bonds is 14. The molecule has 9 nitrogen and oxygen atoms in total. The first-order valence-corrected chi connectivity index (χ1v) is 16.1. The Morgan fingerprint density at radius 2 is 1.62 bits per heavy atom. The predicted octanol–water partition coefficient (Wildman–Crippen LogP) is 4.30. The molecule has 0 aromatic heterocycles. The van der Waals surface area contributed by atoms with Crippen LogP contribution >= 0.6 is 12.4 Å². The third kappa shape index (κ3) is 11.0. The summed E-state index contributed by atoms with van der Waals surface area (Å²) in [6, 6.07) is 12.6. The van der Waals surface area contributed by atoms with Gasteiger partial charge in [-0.1, -0.05) is 70.2 Å². The Bertz CT molecular complexity index is 1300. The van der Waals surface area contributed by atoms with Crippen molar-refractivity contribution in [3.05, 3.63) is 48.0 Å². The van der Waals surface area contributed by atoms with Gasteiger partial charge in [-0.2, -0.15) is 0 Å². The first-order chi connectivity index (χ1) is 20.7. The largest absolute Gasteiger partial charge is 0.353 e. The zero-order valence-corrected chi connectivity index (χ0v) is 28.9. The van der Waals surface area contributed by atoms with Gasteiger partial charge in [0.2, 0.25) is 23.6 Å². The molecule has 0 saturated carbocycles. The highest BCUT2D eigenvalue weighted by Crippen LogP contribution is 2.27. The summed E-state index contributed by atoms with van der Waals surface area (Å²) in [6.45, 7) is 12.8. The van der Waals surface area contributed by atoms with E-state index in [4.69, 9.17) is 5.73 Å². The number of halogens is 1. The standard InChI is InChI=1S/C35H53N5O4.ClH/c1-23(2)19-28(20-24(3)4)32(42)40-17-10-13-30(40)31(41)38-29(22-25-14-15-26-11-8-9-12-27(26)21-25)33(43)39(7)18-16-37-34(44)35(5,6)36;/h8-9,11-12,14-15,21,23-24,28-30H,10,13,16-20,22,36H2,1-7H3,(H,37,44)(H,38,41);1H/t29-,30?;/m1./s1. The molecular formula is C35H54ClN5O4. The Hall–Kier alpha value is -3.17. The molecule has 1 aliphatic heterocycles. The highest BCUT2D eigenvalue weighted by molar-refractivity contribution is 5.93. The van der Waals surface area contributed by atoms with Crippen molar-refractivity contribution in [2.45, 2.75) is 91.3 Å². The first kappa shape index (κ1) is 38.0. The van der Waals surface area contributed by atoms with Crippen molar-refractivity contribution in [1.29, 1.82) is 0 Å². The Balaban J connectivity index is 0.00000705. The van der Waals surface area contributed by atoms with Crippen molar-refractivity contribution in [2.24, 2.45) is 23.5 Å². The van der Waals surface area contributed by atoms with E-state index < -0.39 is 17.6 Å². The SMILES string of the molecule is CC(C)CC(CC(C)C)C(=O)N1CCCC1C(=O)N[C@H](Cc1ccc2ccccc2c1)C(=O)N(C)CCNC(=O)C(C)(C)N.Cl. The lowest BCUT2D eigenvalue weighted by molar-refractivity contribution is -0.143. The second-order valence-corrected chi connectivity index (χ2v) is 13.8. The topological polar surface area (TPSA) is 125 Å². The minimum absolute atomic E-state index is 0. The number of hydrogen-bond donors (Lipinski definition) is 3. The summed E-state index contributed by atoms with van der Waals surface area (Å²) >= 11 is 0. The lowest BCUT2D eigenvalue weighted by Crippen LogP contribution is -2.55. The minimum atomic E-state index is -1.02. The van der Waals surface area contributed by atoms with E-state index in [0.717, 1.165) is 35.6 Å². The van der Waals surface area contributed by atoms with Gasteiger partial charge in [0.15, 0.2) is 0 Å². The van der Waals surface area contributed by atoms with E-state index in [1.165, 1.54) is 4.90 Å². The normalized spacial score (nSPS) is 15.7. The van der Waals surface area contributed by atoms with E-state index in [1.807, 2.05) is 42.5 Å². The number of likely N-dealkylation sites (N-methyl/N-ethyl adjacent to an activating group) is 1. The van der Waals surface area contributed by atoms with Crippen LogP contribution in [-0.2, 0) is 25.6 Å². The van der Waals surface area contributed by atoms with Crippen LogP contribution in [0.25, 0.3) is 10.8 Å². The number of nitrogens with two attached hydrogens (primary N) is 1. The quantitative estimate of drug-likeness (QED) is 0.283. The molecular weight excluding hydrogens is 590 g/mol. The summed E-state index contributed by atoms with van der Waals surface area (Å²) in [5.41, 5.74) is 5.77. The second-order valence-electron chi connectivity index (χ2n) is 13.8. The second kappa shape index (κ2) is 16.9. The van der Waals surface area contributed by atoms with Gasteiger partial charge in [0.05, 0.1) is 5.54 Å². The molecule has 2 atom stereocenters. The van der Waals surface area contributed by atoms with E-state index in [2.05, 4.69) is 38.3 Å². The first-order valence-electron chi connectivity index (χ1n) is 16.1. The zero-order chi connectivity index (χ0) is 32.6. The molecule has 2 aromatic rings. The van der Waals surface area contributed by atoms with Crippen molar-refractivity contribution in [2.75, 3.05) is 26.7 Å². The summed E-state index contributed by atoms with van der Waals surface area (Å²) in [4.78, 5) is 56.9. The number of carbonyl (C=O) groups is 4. The fourth-order valence-electron chi connectivity index (χ4n) is 5.98. The molecule has 10 heteroatoms. The maximum absolute atomic E-state index is 13.8. The van der Waals surface area contributed by atoms with Crippen molar-refractivity contribution >= 4 is 46.8 Å². The van der Waals surface area contributed by atoms with E-state index >= 15 is 0 Å². The van der Waals surface area contributed by atoms with Gasteiger partial charge < -0.3 is 26.2 Å². The Morgan fingerprint density at radius 3 is 2.22 bits per heavy atom. The number of hydrogen-bond acceptors (Lipinski definition) is 5. The van der Waals surface area contributed by atoms with Crippen LogP contribution in [0.1, 0.15) is 72.8 Å². The molecule has 0 radical (unpaired) electrons. The summed E-state index contributed by atoms with van der Waals surface area (Å²) in [5, 5.41) is 7.95. The van der Waals surface area contributed by atoms with Crippen LogP contribution in [0.2, 0.25) is 0 Å². The van der Waals surface area contributed by atoms with Gasteiger partial charge in [0, 0.05) is 39.0 Å². The van der Waals surface area contributed by atoms with E-state index in [0.29, 0.717) is 31.2 Å². The van der Waals surface area contributed by atoms with E-state index in [-0.39, 0.29) is 55.0 Å². The summed E-state index contributed by atoms with van der Waals surface area (Å²) in [5.74, 6) is -0.207. The Kier molecular flexibility index (Phi) is 14.3. The monoisotopic (exact) mass is 643 g/mol. The van der Waals surface area contributed by atoms with Crippen molar-refractivity contribution in [3.63, 3.8) is 0 Å². The minimum Gasteiger partial charge on any atom is -0.353 e. The maximum Gasteiger partial charge on any atom is 0.245 e. The van der Waals surface area contributed by atoms with Gasteiger partial charge in [-0.3, -0.25) is 19.2 Å². The molecule has 0 aliphatic carbocycles. The molecule has 1 heterocycles. The lowest BCUT2D eigenvalue weighted by atomic mass is 9.88. The third-order valence-corrected chi connectivity index (χ3v) is 8.26. The highest BCUT2D eigenvalue weighted by Gasteiger charge is 2.39. The molecule has 1 fully saturated rings. The van der Waals surface area contributed by atoms with Gasteiger partial charge >= 0.3 is 0 Å². The van der Waals surface area contributed by atoms with Crippen LogP contribution in [0.5, 0.6) is 0 Å². The van der Waals surface area contributed by atoms with Gasteiger partial charge in [0.1, 0.15) is 12.1 Å². The van der Waals surface area contributed by atoms with Crippen LogP contribution in [-0.4, -0.2) is 77.7 Å². The number of fused-ring (bicyclic) bond motifs is 1.